The molecule has 4 rings (SSSR count). The summed E-state index contributed by atoms with van der Waals surface area (Å²) in [4.78, 5) is 29.5. The number of sulfonamides is 1. The van der Waals surface area contributed by atoms with Crippen molar-refractivity contribution < 1.29 is 31.2 Å². The number of anilines is 1. The van der Waals surface area contributed by atoms with Crippen LogP contribution in [-0.4, -0.2) is 50.0 Å². The molecule has 0 aliphatic heterocycles. The summed E-state index contributed by atoms with van der Waals surface area (Å²) >= 11 is 6.21. The molecule has 1 unspecified atom stereocenters. The molecule has 44 heavy (non-hydrogen) atoms. The molecule has 3 aromatic rings. The van der Waals surface area contributed by atoms with Gasteiger partial charge in [0.2, 0.25) is 21.8 Å². The molecule has 1 atom stereocenters. The van der Waals surface area contributed by atoms with E-state index in [9.17, 15) is 31.2 Å². The predicted molar refractivity (Wildman–Crippen MR) is 165 cm³/mol. The highest BCUT2D eigenvalue weighted by atomic mass is 35.5. The van der Waals surface area contributed by atoms with Crippen molar-refractivity contribution in [3.8, 4) is 0 Å². The highest BCUT2D eigenvalue weighted by molar-refractivity contribution is 7.92. The molecule has 1 aliphatic rings. The summed E-state index contributed by atoms with van der Waals surface area (Å²) < 4.78 is 67.2. The smallest absolute Gasteiger partial charge is 0.352 e. The lowest BCUT2D eigenvalue weighted by Crippen LogP contribution is -2.54. The first-order valence-electron chi connectivity index (χ1n) is 14.3. The lowest BCUT2D eigenvalue weighted by Gasteiger charge is -2.34. The zero-order valence-corrected chi connectivity index (χ0v) is 26.1. The summed E-state index contributed by atoms with van der Waals surface area (Å²) in [5.74, 6) is -1.15. The number of nitrogens with one attached hydrogen (secondary N) is 1. The fourth-order valence-corrected chi connectivity index (χ4v) is 6.49. The SMILES string of the molecule is Cc1ccccc1CN(C(=O)CN(c1cc(C(F)(F)F)ccc1Cl)S(C)(=O)=O)C(Cc1ccccc1)C(=O)NC1CCCC1. The molecule has 2 amide bonds. The number of benzene rings is 3. The number of aryl methyl sites for hydroxylation is 1. The molecule has 0 saturated heterocycles. The van der Waals surface area contributed by atoms with Crippen LogP contribution in [0.3, 0.4) is 0 Å². The van der Waals surface area contributed by atoms with E-state index in [2.05, 4.69) is 5.32 Å². The average Bonchev–Trinajstić information content (AvgIpc) is 3.47. The Morgan fingerprint density at radius 1 is 1.00 bits per heavy atom. The van der Waals surface area contributed by atoms with Gasteiger partial charge in [0, 0.05) is 19.0 Å². The molecule has 0 aromatic heterocycles. The van der Waals surface area contributed by atoms with Gasteiger partial charge in [-0.15, -0.1) is 0 Å². The topological polar surface area (TPSA) is 86.8 Å². The minimum absolute atomic E-state index is 0.0327. The molecule has 1 aliphatic carbocycles. The van der Waals surface area contributed by atoms with Crippen molar-refractivity contribution >= 4 is 39.1 Å². The van der Waals surface area contributed by atoms with Crippen LogP contribution in [0.25, 0.3) is 0 Å². The number of alkyl halides is 3. The summed E-state index contributed by atoms with van der Waals surface area (Å²) in [6.07, 6.45) is -0.279. The van der Waals surface area contributed by atoms with E-state index in [0.717, 1.165) is 60.8 Å². The van der Waals surface area contributed by atoms with Crippen LogP contribution in [0.4, 0.5) is 18.9 Å². The number of halogens is 4. The Bertz CT molecular complexity index is 1580. The van der Waals surface area contributed by atoms with E-state index in [1.807, 2.05) is 55.5 Å². The number of amides is 2. The second-order valence-corrected chi connectivity index (χ2v) is 13.4. The van der Waals surface area contributed by atoms with Crippen LogP contribution in [0.1, 0.15) is 47.9 Å². The van der Waals surface area contributed by atoms with E-state index in [1.165, 1.54) is 4.90 Å². The maximum absolute atomic E-state index is 14.2. The molecule has 1 fully saturated rings. The summed E-state index contributed by atoms with van der Waals surface area (Å²) in [7, 11) is -4.30. The molecular weight excluding hydrogens is 615 g/mol. The third kappa shape index (κ3) is 8.53. The lowest BCUT2D eigenvalue weighted by molar-refractivity contribution is -0.140. The Balaban J connectivity index is 1.78. The number of carbonyl (C=O) groups is 2. The van der Waals surface area contributed by atoms with Crippen LogP contribution < -0.4 is 9.62 Å². The maximum Gasteiger partial charge on any atom is 0.416 e. The van der Waals surface area contributed by atoms with Gasteiger partial charge < -0.3 is 10.2 Å². The molecule has 1 N–H and O–H groups in total. The maximum atomic E-state index is 14.2. The van der Waals surface area contributed by atoms with Crippen molar-refractivity contribution in [1.82, 2.24) is 10.2 Å². The Kier molecular flexibility index (Phi) is 10.6. The van der Waals surface area contributed by atoms with Gasteiger partial charge in [-0.3, -0.25) is 13.9 Å². The normalized spacial score (nSPS) is 14.7. The fourth-order valence-electron chi connectivity index (χ4n) is 5.37. The molecule has 0 radical (unpaired) electrons. The summed E-state index contributed by atoms with van der Waals surface area (Å²) in [5.41, 5.74) is 0.759. The molecule has 0 spiro atoms. The zero-order valence-electron chi connectivity index (χ0n) is 24.5. The van der Waals surface area contributed by atoms with Gasteiger partial charge in [-0.25, -0.2) is 8.42 Å². The second-order valence-electron chi connectivity index (χ2n) is 11.1. The van der Waals surface area contributed by atoms with E-state index in [0.29, 0.717) is 10.4 Å². The van der Waals surface area contributed by atoms with Gasteiger partial charge in [0.25, 0.3) is 0 Å². The Hall–Kier alpha value is -3.57. The average molecular weight is 650 g/mol. The van der Waals surface area contributed by atoms with E-state index < -0.39 is 45.9 Å². The van der Waals surface area contributed by atoms with E-state index in [4.69, 9.17) is 11.6 Å². The molecule has 7 nitrogen and oxygen atoms in total. The van der Waals surface area contributed by atoms with Crippen molar-refractivity contribution in [2.24, 2.45) is 0 Å². The summed E-state index contributed by atoms with van der Waals surface area (Å²) in [5, 5.41) is 2.80. The van der Waals surface area contributed by atoms with Crippen LogP contribution in [0.2, 0.25) is 5.02 Å². The standard InChI is InChI=1S/C32H35ClF3N3O4S/c1-22-10-6-7-13-24(22)20-38(29(18-23-11-4-3-5-12-23)31(41)37-26-14-8-9-15-26)30(40)21-39(44(2,42)43)28-19-25(32(34,35)36)16-17-27(28)33/h3-7,10-13,16-17,19,26,29H,8-9,14-15,18,20-21H2,1-2H3,(H,37,41). The van der Waals surface area contributed by atoms with Gasteiger partial charge in [-0.2, -0.15) is 13.2 Å². The Morgan fingerprint density at radius 3 is 2.25 bits per heavy atom. The first kappa shape index (κ1) is 33.3. The molecule has 1 saturated carbocycles. The minimum atomic E-state index is -4.78. The van der Waals surface area contributed by atoms with Crippen LogP contribution in [0.15, 0.2) is 72.8 Å². The van der Waals surface area contributed by atoms with Gasteiger partial charge in [0.05, 0.1) is 22.5 Å². The lowest BCUT2D eigenvalue weighted by atomic mass is 10.0. The van der Waals surface area contributed by atoms with Crippen LogP contribution in [-0.2, 0) is 38.8 Å². The summed E-state index contributed by atoms with van der Waals surface area (Å²) in [6, 6.07) is 17.6. The number of rotatable bonds is 11. The monoisotopic (exact) mass is 649 g/mol. The minimum Gasteiger partial charge on any atom is -0.352 e. The van der Waals surface area contributed by atoms with E-state index >= 15 is 0 Å². The first-order chi connectivity index (χ1) is 20.7. The molecule has 236 valence electrons. The highest BCUT2D eigenvalue weighted by Gasteiger charge is 2.36. The number of hydrogen-bond acceptors (Lipinski definition) is 4. The fraction of sp³-hybridized carbons (Fsp3) is 0.375. The van der Waals surface area contributed by atoms with Crippen LogP contribution in [0.5, 0.6) is 0 Å². The third-order valence-corrected chi connectivity index (χ3v) is 9.24. The van der Waals surface area contributed by atoms with Crippen molar-refractivity contribution in [2.45, 2.75) is 63.8 Å². The largest absolute Gasteiger partial charge is 0.416 e. The quantitative estimate of drug-likeness (QED) is 0.271. The molecule has 0 heterocycles. The van der Waals surface area contributed by atoms with Gasteiger partial charge in [-0.1, -0.05) is 79.0 Å². The number of nitrogens with zero attached hydrogens (tertiary/aromatic N) is 2. The van der Waals surface area contributed by atoms with Crippen molar-refractivity contribution in [1.29, 1.82) is 0 Å². The highest BCUT2D eigenvalue weighted by Crippen LogP contribution is 2.36. The second kappa shape index (κ2) is 14.0. The Labute approximate surface area is 261 Å². The van der Waals surface area contributed by atoms with Crippen LogP contribution in [0, 0.1) is 6.92 Å². The molecule has 12 heteroatoms. The zero-order chi connectivity index (χ0) is 32.1. The number of carbonyl (C=O) groups excluding carboxylic acids is 2. The van der Waals surface area contributed by atoms with Crippen molar-refractivity contribution in [3.63, 3.8) is 0 Å². The van der Waals surface area contributed by atoms with Gasteiger partial charge in [0.15, 0.2) is 0 Å². The Morgan fingerprint density at radius 2 is 1.64 bits per heavy atom. The van der Waals surface area contributed by atoms with Crippen molar-refractivity contribution in [2.75, 3.05) is 17.1 Å². The van der Waals surface area contributed by atoms with Gasteiger partial charge in [0.1, 0.15) is 12.6 Å². The molecule has 3 aromatic carbocycles. The number of hydrogen-bond donors (Lipinski definition) is 1. The van der Waals surface area contributed by atoms with E-state index in [1.54, 1.807) is 6.07 Å². The first-order valence-corrected chi connectivity index (χ1v) is 16.5. The molecule has 0 bridgehead atoms. The van der Waals surface area contributed by atoms with Crippen molar-refractivity contribution in [3.05, 3.63) is 100 Å². The van der Waals surface area contributed by atoms with Gasteiger partial charge >= 0.3 is 6.18 Å². The van der Waals surface area contributed by atoms with E-state index in [-0.39, 0.29) is 29.9 Å². The summed E-state index contributed by atoms with van der Waals surface area (Å²) in [6.45, 7) is 0.955. The molecular formula is C32H35ClF3N3O4S. The predicted octanol–water partition coefficient (Wildman–Crippen LogP) is 6.13. The van der Waals surface area contributed by atoms with Crippen LogP contribution >= 0.6 is 11.6 Å². The third-order valence-electron chi connectivity index (χ3n) is 7.80. The van der Waals surface area contributed by atoms with Gasteiger partial charge in [-0.05, 0) is 54.7 Å².